The van der Waals surface area contributed by atoms with Crippen molar-refractivity contribution in [2.24, 2.45) is 5.73 Å². The van der Waals surface area contributed by atoms with Gasteiger partial charge in [-0.05, 0) is 6.42 Å². The summed E-state index contributed by atoms with van der Waals surface area (Å²) in [4.78, 5) is 32.8. The molecule has 17 heavy (non-hydrogen) atoms. The Hall–Kier alpha value is -0.910. The molecule has 2 atom stereocenters. The molecule has 0 saturated carbocycles. The highest BCUT2D eigenvalue weighted by Crippen LogP contribution is 2.37. The number of nitrogens with zero attached hydrogens (tertiary/aromatic N) is 1. The van der Waals surface area contributed by atoms with E-state index in [1.807, 2.05) is 0 Å². The van der Waals surface area contributed by atoms with Crippen molar-refractivity contribution in [3.05, 3.63) is 0 Å². The number of hydrogen-bond donors (Lipinski definition) is 3. The first-order valence-corrected chi connectivity index (χ1v) is 7.29. The van der Waals surface area contributed by atoms with E-state index in [0.29, 0.717) is 0 Å². The van der Waals surface area contributed by atoms with Crippen LogP contribution in [0.4, 0.5) is 0 Å². The second-order valence-electron chi connectivity index (χ2n) is 4.45. The Morgan fingerprint density at radius 3 is 2.18 bits per heavy atom. The molecule has 0 bridgehead atoms. The van der Waals surface area contributed by atoms with E-state index in [4.69, 9.17) is 15.7 Å². The first kappa shape index (κ1) is 16.1. The molecule has 0 saturated heterocycles. The van der Waals surface area contributed by atoms with Crippen molar-refractivity contribution in [1.29, 1.82) is 0 Å². The van der Waals surface area contributed by atoms with Crippen LogP contribution in [0, 0.1) is 0 Å². The van der Waals surface area contributed by atoms with Gasteiger partial charge in [0, 0.05) is 26.9 Å². The van der Waals surface area contributed by atoms with E-state index in [1.165, 1.54) is 19.0 Å². The molecule has 0 fully saturated rings. The van der Waals surface area contributed by atoms with Crippen LogP contribution in [0.3, 0.4) is 0 Å². The second-order valence-corrected chi connectivity index (χ2v) is 7.00. The lowest BCUT2D eigenvalue weighted by Gasteiger charge is -2.26. The van der Waals surface area contributed by atoms with Crippen LogP contribution in [0.1, 0.15) is 12.8 Å². The van der Waals surface area contributed by atoms with Gasteiger partial charge in [-0.15, -0.1) is 0 Å². The van der Waals surface area contributed by atoms with Crippen LogP contribution in [0.2, 0.25) is 0 Å². The Labute approximate surface area is 100 Å². The summed E-state index contributed by atoms with van der Waals surface area (Å²) in [7, 11) is -0.362. The number of carboxylic acid groups (broad SMARTS) is 1. The summed E-state index contributed by atoms with van der Waals surface area (Å²) in [6.07, 6.45) is -0.835. The summed E-state index contributed by atoms with van der Waals surface area (Å²) in [6, 6.07) is 0. The van der Waals surface area contributed by atoms with Crippen molar-refractivity contribution in [3.8, 4) is 0 Å². The molecule has 0 aromatic heterocycles. The Morgan fingerprint density at radius 1 is 1.41 bits per heavy atom. The van der Waals surface area contributed by atoms with Gasteiger partial charge in [-0.3, -0.25) is 14.2 Å². The van der Waals surface area contributed by atoms with Gasteiger partial charge in [0.05, 0.1) is 6.42 Å². The number of aliphatic carboxylic acids is 1. The predicted molar refractivity (Wildman–Crippen MR) is 63.1 cm³/mol. The van der Waals surface area contributed by atoms with Gasteiger partial charge >= 0.3 is 5.97 Å². The molecule has 0 aromatic carbocycles. The smallest absolute Gasteiger partial charge is 0.324 e. The lowest BCUT2D eigenvalue weighted by atomic mass is 9.93. The average Bonchev–Trinajstić information content (AvgIpc) is 2.13. The number of carboxylic acids is 1. The molecule has 0 radical (unpaired) electrons. The lowest BCUT2D eigenvalue weighted by Crippen LogP contribution is -2.51. The lowest BCUT2D eigenvalue weighted by molar-refractivity contribution is -0.147. The molecule has 0 aliphatic rings. The molecule has 2 unspecified atom stereocenters. The highest BCUT2D eigenvalue weighted by atomic mass is 31.2. The zero-order valence-electron chi connectivity index (χ0n) is 10.2. The number of nitrogens with two attached hydrogens (primary N) is 1. The molecule has 7 nitrogen and oxygen atoms in total. The Bertz CT molecular complexity index is 351. The molecule has 100 valence electrons. The minimum atomic E-state index is -3.34. The zero-order chi connectivity index (χ0) is 13.9. The molecule has 0 spiro atoms. The number of carbonyl (C=O) groups is 2. The van der Waals surface area contributed by atoms with Crippen molar-refractivity contribution in [1.82, 2.24) is 4.90 Å². The summed E-state index contributed by atoms with van der Waals surface area (Å²) < 4.78 is 11.1. The van der Waals surface area contributed by atoms with Gasteiger partial charge in [-0.1, -0.05) is 0 Å². The van der Waals surface area contributed by atoms with E-state index in [2.05, 4.69) is 0 Å². The summed E-state index contributed by atoms with van der Waals surface area (Å²) in [5.41, 5.74) is 3.81. The summed E-state index contributed by atoms with van der Waals surface area (Å²) in [6.45, 7) is 1.13. The minimum absolute atomic E-state index is 0.216. The standard InChI is InChI=1S/C9H19N2O5P/c1-11(2)7(12)6-9(10,8(13)14)4-5-17(3,15)16/h4-6,10H2,1-3H3,(H,13,14)(H,15,16). The molecule has 0 aromatic rings. The fourth-order valence-electron chi connectivity index (χ4n) is 1.11. The number of amides is 1. The second kappa shape index (κ2) is 5.62. The topological polar surface area (TPSA) is 121 Å². The maximum Gasteiger partial charge on any atom is 0.324 e. The molecule has 0 aliphatic carbocycles. The maximum atomic E-state index is 11.4. The Morgan fingerprint density at radius 2 is 1.88 bits per heavy atom. The van der Waals surface area contributed by atoms with Gasteiger partial charge in [0.2, 0.25) is 5.91 Å². The average molecular weight is 266 g/mol. The SMILES string of the molecule is CN(C)C(=O)CC(N)(CCP(C)(=O)O)C(=O)O. The van der Waals surface area contributed by atoms with Crippen LogP contribution in [-0.2, 0) is 14.2 Å². The highest BCUT2D eigenvalue weighted by molar-refractivity contribution is 7.57. The molecule has 0 aliphatic heterocycles. The molecule has 4 N–H and O–H groups in total. The molecular formula is C9H19N2O5P. The quantitative estimate of drug-likeness (QED) is 0.559. The Kier molecular flexibility index (Phi) is 5.32. The normalized spacial score (nSPS) is 17.9. The summed E-state index contributed by atoms with van der Waals surface area (Å²) in [5.74, 6) is -1.78. The fourth-order valence-corrected chi connectivity index (χ4v) is 1.92. The van der Waals surface area contributed by atoms with Gasteiger partial charge in [-0.2, -0.15) is 0 Å². The van der Waals surface area contributed by atoms with Crippen molar-refractivity contribution < 1.29 is 24.2 Å². The zero-order valence-corrected chi connectivity index (χ0v) is 11.1. The van der Waals surface area contributed by atoms with Crippen LogP contribution in [0.5, 0.6) is 0 Å². The third kappa shape index (κ3) is 5.81. The van der Waals surface area contributed by atoms with Crippen LogP contribution >= 0.6 is 7.37 Å². The minimum Gasteiger partial charge on any atom is -0.480 e. The highest BCUT2D eigenvalue weighted by Gasteiger charge is 2.38. The number of carbonyl (C=O) groups excluding carboxylic acids is 1. The van der Waals surface area contributed by atoms with E-state index in [0.717, 1.165) is 6.66 Å². The van der Waals surface area contributed by atoms with E-state index in [-0.39, 0.29) is 12.6 Å². The predicted octanol–water partition coefficient (Wildman–Crippen LogP) is -0.463. The Balaban J connectivity index is 4.75. The van der Waals surface area contributed by atoms with Gasteiger partial charge in [0.15, 0.2) is 7.37 Å². The van der Waals surface area contributed by atoms with E-state index in [1.54, 1.807) is 0 Å². The maximum absolute atomic E-state index is 11.4. The summed E-state index contributed by atoms with van der Waals surface area (Å²) in [5, 5.41) is 8.99. The van der Waals surface area contributed by atoms with Crippen molar-refractivity contribution in [2.75, 3.05) is 26.9 Å². The van der Waals surface area contributed by atoms with Crippen LogP contribution < -0.4 is 5.73 Å². The van der Waals surface area contributed by atoms with Gasteiger partial charge in [0.25, 0.3) is 0 Å². The van der Waals surface area contributed by atoms with E-state index >= 15 is 0 Å². The van der Waals surface area contributed by atoms with Gasteiger partial charge in [0.1, 0.15) is 5.54 Å². The van der Waals surface area contributed by atoms with Gasteiger partial charge < -0.3 is 20.6 Å². The number of hydrogen-bond acceptors (Lipinski definition) is 4. The van der Waals surface area contributed by atoms with E-state index < -0.39 is 31.2 Å². The van der Waals surface area contributed by atoms with E-state index in [9.17, 15) is 14.2 Å². The fraction of sp³-hybridized carbons (Fsp3) is 0.778. The third-order valence-electron chi connectivity index (χ3n) is 2.36. The number of rotatable bonds is 6. The molecule has 0 rings (SSSR count). The van der Waals surface area contributed by atoms with Crippen LogP contribution in [-0.4, -0.2) is 59.2 Å². The first-order valence-electron chi connectivity index (χ1n) is 5.00. The molecule has 1 amide bonds. The van der Waals surface area contributed by atoms with Crippen LogP contribution in [0.25, 0.3) is 0 Å². The van der Waals surface area contributed by atoms with Crippen molar-refractivity contribution in [3.63, 3.8) is 0 Å². The first-order chi connectivity index (χ1) is 7.48. The molecule has 8 heteroatoms. The van der Waals surface area contributed by atoms with Gasteiger partial charge in [-0.25, -0.2) is 0 Å². The van der Waals surface area contributed by atoms with Crippen molar-refractivity contribution >= 4 is 19.2 Å². The molecule has 0 heterocycles. The third-order valence-corrected chi connectivity index (χ3v) is 3.42. The van der Waals surface area contributed by atoms with Crippen molar-refractivity contribution in [2.45, 2.75) is 18.4 Å². The van der Waals surface area contributed by atoms with Crippen LogP contribution in [0.15, 0.2) is 0 Å². The summed E-state index contributed by atoms with van der Waals surface area (Å²) >= 11 is 0. The molecular weight excluding hydrogens is 247 g/mol. The monoisotopic (exact) mass is 266 g/mol. The largest absolute Gasteiger partial charge is 0.480 e.